The lowest BCUT2D eigenvalue weighted by molar-refractivity contribution is -0.155. The van der Waals surface area contributed by atoms with E-state index in [0.717, 1.165) is 23.6 Å². The fourth-order valence-corrected chi connectivity index (χ4v) is 4.39. The molecule has 9 N–H and O–H groups in total. The zero-order chi connectivity index (χ0) is 31.8. The van der Waals surface area contributed by atoms with Crippen molar-refractivity contribution in [3.8, 4) is 0 Å². The van der Waals surface area contributed by atoms with Crippen LogP contribution in [0.3, 0.4) is 0 Å². The number of nitrogens with zero attached hydrogens (tertiary/aromatic N) is 1. The highest BCUT2D eigenvalue weighted by Crippen LogP contribution is 2.23. The molecule has 3 rings (SSSR count). The third kappa shape index (κ3) is 9.18. The molecule has 0 radical (unpaired) electrons. The Balaban J connectivity index is 1.79. The van der Waals surface area contributed by atoms with Crippen LogP contribution in [0.4, 0.5) is 10.6 Å². The van der Waals surface area contributed by atoms with Gasteiger partial charge >= 0.3 is 12.1 Å². The molecule has 1 unspecified atom stereocenters. The normalized spacial score (nSPS) is 12.6. The first-order chi connectivity index (χ1) is 20.2. The van der Waals surface area contributed by atoms with E-state index in [0.29, 0.717) is 16.9 Å². The van der Waals surface area contributed by atoms with Gasteiger partial charge in [0.25, 0.3) is 0 Å². The molecule has 0 aliphatic carbocycles. The fraction of sp³-hybridized carbons (Fsp3) is 0.379. The van der Waals surface area contributed by atoms with Crippen LogP contribution in [0.25, 0.3) is 10.9 Å². The smallest absolute Gasteiger partial charge is 0.407 e. The van der Waals surface area contributed by atoms with Crippen LogP contribution >= 0.6 is 0 Å². The van der Waals surface area contributed by atoms with Gasteiger partial charge < -0.3 is 36.9 Å². The van der Waals surface area contributed by atoms with Gasteiger partial charge in [0.1, 0.15) is 17.0 Å². The lowest BCUT2D eigenvalue weighted by atomic mass is 9.84. The summed E-state index contributed by atoms with van der Waals surface area (Å²) >= 11 is 0. The summed E-state index contributed by atoms with van der Waals surface area (Å²) in [5.41, 5.74) is 11.4. The highest BCUT2D eigenvalue weighted by molar-refractivity contribution is 5.96. The van der Waals surface area contributed by atoms with E-state index in [2.05, 4.69) is 26.1 Å². The number of H-pyrrole nitrogens is 1. The van der Waals surface area contributed by atoms with E-state index in [1.165, 1.54) is 0 Å². The molecule has 0 bridgehead atoms. The Labute approximate surface area is 248 Å². The molecule has 1 atom stereocenters. The van der Waals surface area contributed by atoms with Gasteiger partial charge in [-0.3, -0.25) is 24.9 Å². The SMILES string of the molecule is COC(=O)NC(CCC(=O)OC(C)(C)C)(Cc1cccc(C(=N)N)c1)C(=O)NCC(=O)NCc1ccc2c(N)n[nH]c2c1. The number of methoxy groups -OCH3 is 1. The van der Waals surface area contributed by atoms with Crippen LogP contribution < -0.4 is 27.4 Å². The maximum Gasteiger partial charge on any atom is 0.407 e. The molecule has 14 nitrogen and oxygen atoms in total. The molecule has 0 spiro atoms. The average Bonchev–Trinajstić information content (AvgIpc) is 3.32. The monoisotopic (exact) mass is 594 g/mol. The number of hydrogen-bond acceptors (Lipinski definition) is 9. The van der Waals surface area contributed by atoms with E-state index in [-0.39, 0.29) is 31.6 Å². The number of esters is 1. The van der Waals surface area contributed by atoms with Gasteiger partial charge in [0, 0.05) is 30.3 Å². The number of benzene rings is 2. The van der Waals surface area contributed by atoms with Crippen molar-refractivity contribution in [1.29, 1.82) is 5.41 Å². The maximum absolute atomic E-state index is 13.8. The summed E-state index contributed by atoms with van der Waals surface area (Å²) in [5, 5.41) is 23.2. The van der Waals surface area contributed by atoms with Gasteiger partial charge in [-0.25, -0.2) is 4.79 Å². The number of nitrogens with one attached hydrogen (secondary N) is 5. The Hall–Kier alpha value is -5.14. The van der Waals surface area contributed by atoms with E-state index in [4.69, 9.17) is 26.4 Å². The van der Waals surface area contributed by atoms with E-state index < -0.39 is 41.6 Å². The summed E-state index contributed by atoms with van der Waals surface area (Å²) in [6, 6.07) is 12.0. The third-order valence-corrected chi connectivity index (χ3v) is 6.44. The summed E-state index contributed by atoms with van der Waals surface area (Å²) in [4.78, 5) is 51.6. The number of amidine groups is 1. The summed E-state index contributed by atoms with van der Waals surface area (Å²) in [6.07, 6.45) is -1.43. The average molecular weight is 595 g/mol. The minimum Gasteiger partial charge on any atom is -0.460 e. The summed E-state index contributed by atoms with van der Waals surface area (Å²) in [7, 11) is 1.14. The highest BCUT2D eigenvalue weighted by atomic mass is 16.6. The first-order valence-electron chi connectivity index (χ1n) is 13.5. The van der Waals surface area contributed by atoms with Gasteiger partial charge in [-0.1, -0.05) is 24.3 Å². The van der Waals surface area contributed by atoms with Crippen molar-refractivity contribution in [1.82, 2.24) is 26.1 Å². The van der Waals surface area contributed by atoms with Crippen molar-refractivity contribution < 1.29 is 28.7 Å². The Kier molecular flexibility index (Phi) is 10.3. The van der Waals surface area contributed by atoms with E-state index in [1.807, 2.05) is 0 Å². The Morgan fingerprint density at radius 2 is 1.79 bits per heavy atom. The van der Waals surface area contributed by atoms with Crippen LogP contribution in [0.1, 0.15) is 50.3 Å². The van der Waals surface area contributed by atoms with Gasteiger partial charge in [0.2, 0.25) is 11.8 Å². The lowest BCUT2D eigenvalue weighted by Gasteiger charge is -2.33. The third-order valence-electron chi connectivity index (χ3n) is 6.44. The molecule has 0 aliphatic heterocycles. The molecule has 1 aromatic heterocycles. The second-order valence-electron chi connectivity index (χ2n) is 11.0. The van der Waals surface area contributed by atoms with Crippen molar-refractivity contribution in [2.24, 2.45) is 5.73 Å². The molecule has 43 heavy (non-hydrogen) atoms. The maximum atomic E-state index is 13.8. The molecule has 14 heteroatoms. The molecule has 3 aromatic rings. The lowest BCUT2D eigenvalue weighted by Crippen LogP contribution is -2.61. The highest BCUT2D eigenvalue weighted by Gasteiger charge is 2.41. The topological polar surface area (TPSA) is 227 Å². The molecule has 0 aliphatic rings. The van der Waals surface area contributed by atoms with Crippen molar-refractivity contribution in [3.63, 3.8) is 0 Å². The first-order valence-corrected chi connectivity index (χ1v) is 13.5. The van der Waals surface area contributed by atoms with Crippen molar-refractivity contribution in [2.45, 2.75) is 57.7 Å². The number of nitrogen functional groups attached to an aromatic ring is 2. The zero-order valence-corrected chi connectivity index (χ0v) is 24.6. The predicted octanol–water partition coefficient (Wildman–Crippen LogP) is 1.62. The fourth-order valence-electron chi connectivity index (χ4n) is 4.39. The molecule has 0 saturated carbocycles. The van der Waals surface area contributed by atoms with Crippen LogP contribution in [-0.2, 0) is 36.8 Å². The first kappa shape index (κ1) is 32.4. The van der Waals surface area contributed by atoms with Crippen molar-refractivity contribution in [2.75, 3.05) is 19.4 Å². The quantitative estimate of drug-likeness (QED) is 0.0916. The number of carbonyl (C=O) groups is 4. The Bertz CT molecular complexity index is 1510. The number of hydrogen-bond donors (Lipinski definition) is 7. The van der Waals surface area contributed by atoms with Gasteiger partial charge in [0.15, 0.2) is 5.82 Å². The molecule has 1 heterocycles. The van der Waals surface area contributed by atoms with Crippen molar-refractivity contribution in [3.05, 3.63) is 59.2 Å². The molecular weight excluding hydrogens is 556 g/mol. The van der Waals surface area contributed by atoms with Crippen LogP contribution in [0.2, 0.25) is 0 Å². The molecule has 0 fully saturated rings. The van der Waals surface area contributed by atoms with Crippen LogP contribution in [0.5, 0.6) is 0 Å². The summed E-state index contributed by atoms with van der Waals surface area (Å²) in [5.74, 6) is -1.60. The Morgan fingerprint density at radius 3 is 2.47 bits per heavy atom. The zero-order valence-electron chi connectivity index (χ0n) is 24.6. The minimum absolute atomic E-state index is 0.104. The number of aromatic nitrogens is 2. The minimum atomic E-state index is -1.73. The standard InChI is InChI=1S/C29H38N8O6/c1-28(2,3)43-23(39)10-11-29(35-27(41)42-4,14-17-6-5-7-19(12-17)24(30)31)26(40)34-16-22(38)33-15-18-8-9-20-21(13-18)36-37-25(20)32/h5-9,12-13H,10-11,14-16H2,1-4H3,(H3,30,31)(H,33,38)(H,34,40)(H,35,41)(H3,32,36,37). The Morgan fingerprint density at radius 1 is 1.05 bits per heavy atom. The van der Waals surface area contributed by atoms with E-state index in [1.54, 1.807) is 63.2 Å². The number of ether oxygens (including phenoxy) is 2. The number of alkyl carbamates (subject to hydrolysis) is 1. The van der Waals surface area contributed by atoms with Crippen LogP contribution in [0.15, 0.2) is 42.5 Å². The van der Waals surface area contributed by atoms with E-state index >= 15 is 0 Å². The van der Waals surface area contributed by atoms with Gasteiger partial charge in [0.05, 0.1) is 19.2 Å². The number of rotatable bonds is 12. The predicted molar refractivity (Wildman–Crippen MR) is 160 cm³/mol. The van der Waals surface area contributed by atoms with Crippen LogP contribution in [-0.4, -0.2) is 64.7 Å². The largest absolute Gasteiger partial charge is 0.460 e. The molecule has 0 saturated heterocycles. The van der Waals surface area contributed by atoms with Crippen LogP contribution in [0, 0.1) is 5.41 Å². The van der Waals surface area contributed by atoms with E-state index in [9.17, 15) is 19.2 Å². The molecule has 230 valence electrons. The van der Waals surface area contributed by atoms with Gasteiger partial charge in [-0.15, -0.1) is 0 Å². The number of fused-ring (bicyclic) bond motifs is 1. The van der Waals surface area contributed by atoms with Gasteiger partial charge in [-0.2, -0.15) is 5.10 Å². The van der Waals surface area contributed by atoms with Crippen molar-refractivity contribution >= 4 is 46.4 Å². The second kappa shape index (κ2) is 13.7. The number of aromatic amines is 1. The summed E-state index contributed by atoms with van der Waals surface area (Å²) < 4.78 is 10.2. The molecule has 2 aromatic carbocycles. The summed E-state index contributed by atoms with van der Waals surface area (Å²) in [6.45, 7) is 4.90. The van der Waals surface area contributed by atoms with Gasteiger partial charge in [-0.05, 0) is 56.5 Å². The number of anilines is 1. The second-order valence-corrected chi connectivity index (χ2v) is 11.0. The number of amides is 3. The number of carbonyl (C=O) groups excluding carboxylic acids is 4. The number of nitrogens with two attached hydrogens (primary N) is 2. The molecule has 3 amide bonds. The molecular formula is C29H38N8O6.